The molecule has 0 bridgehead atoms. The number of aromatic nitrogens is 2. The van der Waals surface area contributed by atoms with E-state index in [1.54, 1.807) is 16.4 Å². The van der Waals surface area contributed by atoms with Crippen LogP contribution >= 0.6 is 0 Å². The van der Waals surface area contributed by atoms with Crippen LogP contribution in [0.5, 0.6) is 5.88 Å². The van der Waals surface area contributed by atoms with Crippen LogP contribution in [0.3, 0.4) is 0 Å². The largest absolute Gasteiger partial charge is 0.474 e. The second-order valence-corrected chi connectivity index (χ2v) is 11.8. The van der Waals surface area contributed by atoms with E-state index in [1.165, 1.54) is 19.3 Å². The first-order chi connectivity index (χ1) is 17.5. The Morgan fingerprint density at radius 2 is 1.64 bits per heavy atom. The zero-order chi connectivity index (χ0) is 25.1. The van der Waals surface area contributed by atoms with E-state index in [4.69, 9.17) is 14.7 Å². The standard InChI is InChI=1S/C28H36N4O3S/c1-3-22-13-15-24(16-14-22)36(33,34)32-19-17-31(18-20-32)21(2)27-29-26-12-8-7-11-25(26)28(30-27)35-23-9-5-4-6-10-23/h7-8,11-16,21,23H,3-6,9-10,17-20H2,1-2H3/t21-/m1/s1. The Morgan fingerprint density at radius 1 is 0.944 bits per heavy atom. The SMILES string of the molecule is CCc1ccc(S(=O)(=O)N2CCN([C@H](C)c3nc(OC4CCCCC4)c4ccccc4n3)CC2)cc1. The number of hydrogen-bond acceptors (Lipinski definition) is 6. The lowest BCUT2D eigenvalue weighted by atomic mass is 9.98. The van der Waals surface area contributed by atoms with Gasteiger partial charge in [0.25, 0.3) is 0 Å². The van der Waals surface area contributed by atoms with Crippen molar-refractivity contribution < 1.29 is 13.2 Å². The maximum atomic E-state index is 13.2. The number of fused-ring (bicyclic) bond motifs is 1. The summed E-state index contributed by atoms with van der Waals surface area (Å²) in [5.41, 5.74) is 2.02. The summed E-state index contributed by atoms with van der Waals surface area (Å²) in [4.78, 5) is 12.4. The van der Waals surface area contributed by atoms with Crippen molar-refractivity contribution in [1.82, 2.24) is 19.2 Å². The van der Waals surface area contributed by atoms with Gasteiger partial charge < -0.3 is 4.74 Å². The van der Waals surface area contributed by atoms with E-state index < -0.39 is 10.0 Å². The van der Waals surface area contributed by atoms with Gasteiger partial charge in [-0.2, -0.15) is 9.29 Å². The summed E-state index contributed by atoms with van der Waals surface area (Å²) in [5, 5.41) is 0.948. The molecule has 2 fully saturated rings. The van der Waals surface area contributed by atoms with Crippen molar-refractivity contribution in [2.45, 2.75) is 69.4 Å². The van der Waals surface area contributed by atoms with E-state index >= 15 is 0 Å². The molecule has 0 amide bonds. The van der Waals surface area contributed by atoms with Crippen LogP contribution in [0.2, 0.25) is 0 Å². The number of benzene rings is 2. The topological polar surface area (TPSA) is 75.6 Å². The smallest absolute Gasteiger partial charge is 0.243 e. The van der Waals surface area contributed by atoms with Crippen molar-refractivity contribution in [2.24, 2.45) is 0 Å². The number of hydrogen-bond donors (Lipinski definition) is 0. The van der Waals surface area contributed by atoms with Crippen LogP contribution in [0.15, 0.2) is 53.4 Å². The minimum atomic E-state index is -3.50. The monoisotopic (exact) mass is 508 g/mol. The summed E-state index contributed by atoms with van der Waals surface area (Å²) in [5.74, 6) is 1.40. The number of nitrogens with zero attached hydrogens (tertiary/aromatic N) is 4. The lowest BCUT2D eigenvalue weighted by Crippen LogP contribution is -2.49. The van der Waals surface area contributed by atoms with E-state index in [0.717, 1.165) is 41.6 Å². The normalized spacial score (nSPS) is 19.4. The Labute approximate surface area is 214 Å². The first-order valence-corrected chi connectivity index (χ1v) is 14.7. The van der Waals surface area contributed by atoms with Crippen molar-refractivity contribution in [3.8, 4) is 5.88 Å². The number of ether oxygens (including phenoxy) is 1. The average molecular weight is 509 g/mol. The molecule has 1 atom stereocenters. The second kappa shape index (κ2) is 10.8. The maximum absolute atomic E-state index is 13.2. The Kier molecular flexibility index (Phi) is 7.55. The molecule has 8 heteroatoms. The number of para-hydroxylation sites is 1. The average Bonchev–Trinajstić information content (AvgIpc) is 2.93. The molecule has 7 nitrogen and oxygen atoms in total. The van der Waals surface area contributed by atoms with Gasteiger partial charge in [-0.05, 0) is 68.9 Å². The van der Waals surface area contributed by atoms with E-state index in [1.807, 2.05) is 36.4 Å². The summed E-state index contributed by atoms with van der Waals surface area (Å²) >= 11 is 0. The van der Waals surface area contributed by atoms with E-state index in [9.17, 15) is 8.42 Å². The van der Waals surface area contributed by atoms with Crippen LogP contribution in [0.4, 0.5) is 0 Å². The molecule has 1 aliphatic carbocycles. The fourth-order valence-corrected chi connectivity index (χ4v) is 6.65. The number of rotatable bonds is 7. The highest BCUT2D eigenvalue weighted by Crippen LogP contribution is 2.30. The highest BCUT2D eigenvalue weighted by Gasteiger charge is 2.31. The van der Waals surface area contributed by atoms with Gasteiger partial charge in [-0.25, -0.2) is 13.4 Å². The molecule has 192 valence electrons. The highest BCUT2D eigenvalue weighted by molar-refractivity contribution is 7.89. The van der Waals surface area contributed by atoms with E-state index in [0.29, 0.717) is 37.0 Å². The summed E-state index contributed by atoms with van der Waals surface area (Å²) in [6.45, 7) is 6.31. The van der Waals surface area contributed by atoms with E-state index in [2.05, 4.69) is 18.7 Å². The lowest BCUT2D eigenvalue weighted by Gasteiger charge is -2.37. The van der Waals surface area contributed by atoms with E-state index in [-0.39, 0.29) is 12.1 Å². The van der Waals surface area contributed by atoms with Crippen LogP contribution in [-0.4, -0.2) is 59.9 Å². The van der Waals surface area contributed by atoms with Gasteiger partial charge in [0, 0.05) is 26.2 Å². The molecule has 5 rings (SSSR count). The number of piperazine rings is 1. The molecule has 0 radical (unpaired) electrons. The molecule has 1 aromatic heterocycles. The summed E-state index contributed by atoms with van der Waals surface area (Å²) < 4.78 is 34.4. The molecule has 0 N–H and O–H groups in total. The zero-order valence-electron chi connectivity index (χ0n) is 21.3. The van der Waals surface area contributed by atoms with Gasteiger partial charge in [-0.1, -0.05) is 37.6 Å². The minimum Gasteiger partial charge on any atom is -0.474 e. The summed E-state index contributed by atoms with van der Waals surface area (Å²) in [6, 6.07) is 15.2. The molecule has 2 heterocycles. The van der Waals surface area contributed by atoms with Crippen LogP contribution in [0.1, 0.15) is 63.4 Å². The third-order valence-electron chi connectivity index (χ3n) is 7.58. The number of sulfonamides is 1. The van der Waals surface area contributed by atoms with Crippen LogP contribution < -0.4 is 4.74 Å². The molecule has 0 unspecified atom stereocenters. The molecule has 36 heavy (non-hydrogen) atoms. The van der Waals surface area contributed by atoms with Crippen LogP contribution in [-0.2, 0) is 16.4 Å². The summed E-state index contributed by atoms with van der Waals surface area (Å²) in [7, 11) is -3.50. The minimum absolute atomic E-state index is 0.0444. The third-order valence-corrected chi connectivity index (χ3v) is 9.49. The molecular formula is C28H36N4O3S. The van der Waals surface area contributed by atoms with Crippen molar-refractivity contribution in [3.63, 3.8) is 0 Å². The molecule has 2 aromatic carbocycles. The molecule has 1 saturated heterocycles. The van der Waals surface area contributed by atoms with Crippen molar-refractivity contribution in [3.05, 3.63) is 59.9 Å². The molecule has 3 aromatic rings. The van der Waals surface area contributed by atoms with Crippen molar-refractivity contribution in [2.75, 3.05) is 26.2 Å². The Morgan fingerprint density at radius 3 is 2.33 bits per heavy atom. The zero-order valence-corrected chi connectivity index (χ0v) is 22.1. The second-order valence-electron chi connectivity index (χ2n) is 9.90. The lowest BCUT2D eigenvalue weighted by molar-refractivity contribution is 0.135. The quantitative estimate of drug-likeness (QED) is 0.449. The van der Waals surface area contributed by atoms with Gasteiger partial charge in [0.15, 0.2) is 0 Å². The molecule has 1 aliphatic heterocycles. The fourth-order valence-electron chi connectivity index (χ4n) is 5.22. The maximum Gasteiger partial charge on any atom is 0.243 e. The first-order valence-electron chi connectivity index (χ1n) is 13.2. The van der Waals surface area contributed by atoms with Crippen molar-refractivity contribution in [1.29, 1.82) is 0 Å². The molecule has 2 aliphatic rings. The first kappa shape index (κ1) is 25.1. The van der Waals surface area contributed by atoms with Gasteiger partial charge in [0.05, 0.1) is 21.8 Å². The molecular weight excluding hydrogens is 472 g/mol. The third kappa shape index (κ3) is 5.26. The Balaban J connectivity index is 1.31. The van der Waals surface area contributed by atoms with Crippen LogP contribution in [0.25, 0.3) is 10.9 Å². The predicted molar refractivity (Wildman–Crippen MR) is 142 cm³/mol. The Bertz CT molecular complexity index is 1280. The molecule has 1 saturated carbocycles. The fraction of sp³-hybridized carbons (Fsp3) is 0.500. The van der Waals surface area contributed by atoms with Crippen molar-refractivity contribution >= 4 is 20.9 Å². The Hall–Kier alpha value is -2.55. The predicted octanol–water partition coefficient (Wildman–Crippen LogP) is 4.97. The number of aryl methyl sites for hydroxylation is 1. The van der Waals surface area contributed by atoms with Gasteiger partial charge in [0.2, 0.25) is 15.9 Å². The summed E-state index contributed by atoms with van der Waals surface area (Å²) in [6.07, 6.45) is 6.92. The highest BCUT2D eigenvalue weighted by atomic mass is 32.2. The van der Waals surface area contributed by atoms with Gasteiger partial charge in [-0.3, -0.25) is 4.90 Å². The molecule has 0 spiro atoms. The van der Waals surface area contributed by atoms with Crippen LogP contribution in [0, 0.1) is 0 Å². The van der Waals surface area contributed by atoms with Gasteiger partial charge in [-0.15, -0.1) is 0 Å². The van der Waals surface area contributed by atoms with Gasteiger partial charge >= 0.3 is 0 Å². The van der Waals surface area contributed by atoms with Gasteiger partial charge in [0.1, 0.15) is 11.9 Å².